The van der Waals surface area contributed by atoms with Crippen LogP contribution in [0.4, 0.5) is 0 Å². The number of rotatable bonds is 5. The molecule has 1 heterocycles. The van der Waals surface area contributed by atoms with Gasteiger partial charge in [0.05, 0.1) is 12.5 Å². The summed E-state index contributed by atoms with van der Waals surface area (Å²) in [7, 11) is 0. The molecule has 1 rings (SSSR count). The summed E-state index contributed by atoms with van der Waals surface area (Å²) in [6.45, 7) is 4.89. The Balaban J connectivity index is 2.41. The summed E-state index contributed by atoms with van der Waals surface area (Å²) in [5, 5.41) is 5.66. The van der Waals surface area contributed by atoms with Crippen LogP contribution in [-0.2, 0) is 11.3 Å². The van der Waals surface area contributed by atoms with Crippen LogP contribution in [0.15, 0.2) is 11.6 Å². The van der Waals surface area contributed by atoms with E-state index in [0.717, 1.165) is 5.01 Å². The van der Waals surface area contributed by atoms with Gasteiger partial charge in [-0.15, -0.1) is 11.3 Å². The topological polar surface area (TPSA) is 68.0 Å². The molecule has 1 amide bonds. The molecule has 1 unspecified atom stereocenters. The summed E-state index contributed by atoms with van der Waals surface area (Å²) in [5.41, 5.74) is 5.55. The molecule has 0 aliphatic rings. The average Bonchev–Trinajstić information content (AvgIpc) is 2.67. The number of carbonyl (C=O) groups excluding carboxylic acids is 1. The van der Waals surface area contributed by atoms with Crippen LogP contribution in [0.3, 0.4) is 0 Å². The molecule has 15 heavy (non-hydrogen) atoms. The number of hydrogen-bond donors (Lipinski definition) is 2. The Bertz CT molecular complexity index is 298. The van der Waals surface area contributed by atoms with E-state index in [1.165, 1.54) is 11.3 Å². The molecule has 0 radical (unpaired) electrons. The fraction of sp³-hybridized carbons (Fsp3) is 0.600. The van der Waals surface area contributed by atoms with E-state index in [4.69, 9.17) is 5.73 Å². The highest BCUT2D eigenvalue weighted by atomic mass is 32.1. The number of amides is 1. The van der Waals surface area contributed by atoms with Crippen LogP contribution in [0, 0.1) is 11.8 Å². The Morgan fingerprint density at radius 1 is 1.67 bits per heavy atom. The van der Waals surface area contributed by atoms with Crippen molar-refractivity contribution in [2.45, 2.75) is 20.4 Å². The van der Waals surface area contributed by atoms with Crippen LogP contribution >= 0.6 is 11.3 Å². The Kier molecular flexibility index (Phi) is 4.71. The minimum atomic E-state index is -0.107. The van der Waals surface area contributed by atoms with Crippen LogP contribution < -0.4 is 11.1 Å². The van der Waals surface area contributed by atoms with Gasteiger partial charge in [-0.05, 0) is 5.92 Å². The van der Waals surface area contributed by atoms with Gasteiger partial charge in [0.2, 0.25) is 5.91 Å². The fourth-order valence-corrected chi connectivity index (χ4v) is 1.87. The molecule has 4 nitrogen and oxygen atoms in total. The summed E-state index contributed by atoms with van der Waals surface area (Å²) in [6, 6.07) is 0. The maximum absolute atomic E-state index is 11.7. The van der Waals surface area contributed by atoms with Crippen LogP contribution in [-0.4, -0.2) is 17.4 Å². The molecule has 1 atom stereocenters. The second kappa shape index (κ2) is 5.82. The third kappa shape index (κ3) is 3.60. The number of carbonyl (C=O) groups is 1. The van der Waals surface area contributed by atoms with Crippen LogP contribution in [0.5, 0.6) is 0 Å². The van der Waals surface area contributed by atoms with Gasteiger partial charge in [0.25, 0.3) is 0 Å². The lowest BCUT2D eigenvalue weighted by atomic mass is 9.95. The van der Waals surface area contributed by atoms with E-state index in [0.29, 0.717) is 13.1 Å². The van der Waals surface area contributed by atoms with Crippen molar-refractivity contribution < 1.29 is 4.79 Å². The van der Waals surface area contributed by atoms with Crippen molar-refractivity contribution in [1.29, 1.82) is 0 Å². The summed E-state index contributed by atoms with van der Waals surface area (Å²) >= 11 is 1.54. The molecule has 0 bridgehead atoms. The normalized spacial score (nSPS) is 12.8. The molecule has 1 aromatic heterocycles. The molecule has 0 fully saturated rings. The van der Waals surface area contributed by atoms with Crippen molar-refractivity contribution >= 4 is 17.2 Å². The second-order valence-corrected chi connectivity index (χ2v) is 4.71. The molecular formula is C10H17N3OS. The zero-order chi connectivity index (χ0) is 11.3. The lowest BCUT2D eigenvalue weighted by Crippen LogP contribution is -2.37. The van der Waals surface area contributed by atoms with E-state index < -0.39 is 0 Å². The van der Waals surface area contributed by atoms with Crippen molar-refractivity contribution in [3.05, 3.63) is 16.6 Å². The van der Waals surface area contributed by atoms with Crippen molar-refractivity contribution in [3.8, 4) is 0 Å². The second-order valence-electron chi connectivity index (χ2n) is 3.73. The number of nitrogens with zero attached hydrogens (tertiary/aromatic N) is 1. The lowest BCUT2D eigenvalue weighted by Gasteiger charge is -2.17. The minimum Gasteiger partial charge on any atom is -0.349 e. The summed E-state index contributed by atoms with van der Waals surface area (Å²) in [6.07, 6.45) is 1.73. The van der Waals surface area contributed by atoms with Crippen molar-refractivity contribution in [3.63, 3.8) is 0 Å². The van der Waals surface area contributed by atoms with E-state index in [2.05, 4.69) is 10.3 Å². The highest BCUT2D eigenvalue weighted by Crippen LogP contribution is 2.10. The zero-order valence-electron chi connectivity index (χ0n) is 9.06. The molecule has 5 heteroatoms. The van der Waals surface area contributed by atoms with Gasteiger partial charge < -0.3 is 11.1 Å². The minimum absolute atomic E-state index is 0.0164. The van der Waals surface area contributed by atoms with Crippen molar-refractivity contribution in [1.82, 2.24) is 10.3 Å². The highest BCUT2D eigenvalue weighted by molar-refractivity contribution is 7.09. The molecule has 0 aliphatic carbocycles. The van der Waals surface area contributed by atoms with Gasteiger partial charge in [-0.3, -0.25) is 4.79 Å². The molecule has 0 saturated carbocycles. The number of nitrogens with two attached hydrogens (primary N) is 1. The zero-order valence-corrected chi connectivity index (χ0v) is 9.88. The number of aromatic nitrogens is 1. The highest BCUT2D eigenvalue weighted by Gasteiger charge is 2.19. The van der Waals surface area contributed by atoms with E-state index in [1.54, 1.807) is 6.20 Å². The van der Waals surface area contributed by atoms with Gasteiger partial charge in [-0.25, -0.2) is 4.98 Å². The molecule has 1 aromatic rings. The number of nitrogens with one attached hydrogen (secondary N) is 1. The number of hydrogen-bond acceptors (Lipinski definition) is 4. The third-order valence-corrected chi connectivity index (χ3v) is 3.07. The Hall–Kier alpha value is -0.940. The number of thiazole rings is 1. The monoisotopic (exact) mass is 227 g/mol. The van der Waals surface area contributed by atoms with Gasteiger partial charge in [0.15, 0.2) is 0 Å². The van der Waals surface area contributed by atoms with Crippen molar-refractivity contribution in [2.75, 3.05) is 6.54 Å². The summed E-state index contributed by atoms with van der Waals surface area (Å²) in [5.74, 6) is 0.180. The maximum Gasteiger partial charge on any atom is 0.224 e. The predicted molar refractivity (Wildman–Crippen MR) is 61.3 cm³/mol. The third-order valence-electron chi connectivity index (χ3n) is 2.29. The Labute approximate surface area is 93.9 Å². The smallest absolute Gasteiger partial charge is 0.224 e. The first-order valence-electron chi connectivity index (χ1n) is 5.01. The predicted octanol–water partition coefficient (Wildman–Crippen LogP) is 0.990. The maximum atomic E-state index is 11.7. The molecule has 3 N–H and O–H groups in total. The van der Waals surface area contributed by atoms with Gasteiger partial charge in [-0.1, -0.05) is 13.8 Å². The molecule has 0 aromatic carbocycles. The van der Waals surface area contributed by atoms with Gasteiger partial charge in [0.1, 0.15) is 5.01 Å². The Morgan fingerprint density at radius 3 is 2.87 bits per heavy atom. The van der Waals surface area contributed by atoms with E-state index >= 15 is 0 Å². The van der Waals surface area contributed by atoms with Gasteiger partial charge in [-0.2, -0.15) is 0 Å². The first-order valence-corrected chi connectivity index (χ1v) is 5.89. The SMILES string of the molecule is CC(C)C(CN)C(=O)NCc1nccs1. The molecule has 84 valence electrons. The van der Waals surface area contributed by atoms with Crippen molar-refractivity contribution in [2.24, 2.45) is 17.6 Å². The molecular weight excluding hydrogens is 210 g/mol. The molecule has 0 aliphatic heterocycles. The Morgan fingerprint density at radius 2 is 2.40 bits per heavy atom. The van der Waals surface area contributed by atoms with Crippen LogP contribution in [0.25, 0.3) is 0 Å². The van der Waals surface area contributed by atoms with Crippen LogP contribution in [0.2, 0.25) is 0 Å². The lowest BCUT2D eigenvalue weighted by molar-refractivity contribution is -0.126. The quantitative estimate of drug-likeness (QED) is 0.788. The molecule has 0 spiro atoms. The van der Waals surface area contributed by atoms with Gasteiger partial charge >= 0.3 is 0 Å². The average molecular weight is 227 g/mol. The summed E-state index contributed by atoms with van der Waals surface area (Å²) < 4.78 is 0. The standard InChI is InChI=1S/C10H17N3OS/c1-7(2)8(5-11)10(14)13-6-9-12-3-4-15-9/h3-4,7-8H,5-6,11H2,1-2H3,(H,13,14). The van der Waals surface area contributed by atoms with Gasteiger partial charge in [0, 0.05) is 18.1 Å². The van der Waals surface area contributed by atoms with Crippen LogP contribution in [0.1, 0.15) is 18.9 Å². The fourth-order valence-electron chi connectivity index (χ4n) is 1.32. The van der Waals surface area contributed by atoms with E-state index in [-0.39, 0.29) is 17.7 Å². The van der Waals surface area contributed by atoms with E-state index in [1.807, 2.05) is 19.2 Å². The largest absolute Gasteiger partial charge is 0.349 e. The van der Waals surface area contributed by atoms with E-state index in [9.17, 15) is 4.79 Å². The first-order chi connectivity index (χ1) is 7.15. The molecule has 0 saturated heterocycles. The summed E-state index contributed by atoms with van der Waals surface area (Å²) in [4.78, 5) is 15.8. The first kappa shape index (κ1) is 12.1.